The molecule has 0 aliphatic rings. The van der Waals surface area contributed by atoms with E-state index >= 15 is 0 Å². The third-order valence-corrected chi connectivity index (χ3v) is 6.49. The van der Waals surface area contributed by atoms with Crippen molar-refractivity contribution in [2.75, 3.05) is 19.4 Å². The fraction of sp³-hybridized carbons (Fsp3) is 0.136. The number of rotatable bonds is 7. The average molecular weight is 463 g/mol. The second kappa shape index (κ2) is 9.47. The summed E-state index contributed by atoms with van der Waals surface area (Å²) in [6.07, 6.45) is 0. The molecule has 0 aliphatic heterocycles. The Morgan fingerprint density at radius 2 is 1.81 bits per heavy atom. The van der Waals surface area contributed by atoms with Gasteiger partial charge in [-0.3, -0.25) is 4.79 Å². The van der Waals surface area contributed by atoms with Gasteiger partial charge in [0.05, 0.1) is 15.5 Å². The molecule has 1 N–H and O–H groups in total. The Kier molecular flexibility index (Phi) is 6.94. The summed E-state index contributed by atoms with van der Waals surface area (Å²) in [5.41, 5.74) is 1.12. The second-order valence-electron chi connectivity index (χ2n) is 6.83. The molecule has 0 atom stereocenters. The highest BCUT2D eigenvalue weighted by Crippen LogP contribution is 2.24. The van der Waals surface area contributed by atoms with Gasteiger partial charge in [-0.05, 0) is 48.0 Å². The highest BCUT2D eigenvalue weighted by Gasteiger charge is 2.21. The van der Waals surface area contributed by atoms with E-state index in [-0.39, 0.29) is 27.9 Å². The molecule has 0 saturated carbocycles. The van der Waals surface area contributed by atoms with Crippen molar-refractivity contribution in [3.8, 4) is 5.75 Å². The summed E-state index contributed by atoms with van der Waals surface area (Å²) in [5, 5.41) is 2.80. The van der Waals surface area contributed by atoms with Gasteiger partial charge in [0.1, 0.15) is 18.2 Å². The molecule has 0 aromatic heterocycles. The van der Waals surface area contributed by atoms with Crippen molar-refractivity contribution in [2.24, 2.45) is 0 Å². The number of amides is 1. The van der Waals surface area contributed by atoms with E-state index in [1.54, 1.807) is 36.4 Å². The molecule has 0 heterocycles. The van der Waals surface area contributed by atoms with Crippen LogP contribution < -0.4 is 10.1 Å². The highest BCUT2D eigenvalue weighted by molar-refractivity contribution is 7.89. The first-order valence-electron chi connectivity index (χ1n) is 9.17. The molecule has 3 rings (SSSR count). The van der Waals surface area contributed by atoms with E-state index in [1.807, 2.05) is 0 Å². The highest BCUT2D eigenvalue weighted by atomic mass is 35.5. The quantitative estimate of drug-likeness (QED) is 0.558. The van der Waals surface area contributed by atoms with E-state index in [0.717, 1.165) is 4.31 Å². The molecule has 0 fully saturated rings. The summed E-state index contributed by atoms with van der Waals surface area (Å²) in [5.74, 6) is -0.447. The predicted octanol–water partition coefficient (Wildman–Crippen LogP) is 4.56. The van der Waals surface area contributed by atoms with Crippen LogP contribution in [0.15, 0.2) is 71.6 Å². The number of sulfonamides is 1. The number of nitrogens with zero attached hydrogens (tertiary/aromatic N) is 1. The van der Waals surface area contributed by atoms with Gasteiger partial charge in [0, 0.05) is 25.8 Å². The standard InChI is InChI=1S/C22H20ClFN2O4S/c1-26(2)31(28,29)19-9-10-21(23)20(13-19)22(27)25-17-7-4-8-18(12-17)30-14-15-5-3-6-16(24)11-15/h3-13H,14H2,1-2H3,(H,25,27). The third kappa shape index (κ3) is 5.61. The van der Waals surface area contributed by atoms with Gasteiger partial charge in [-0.25, -0.2) is 17.1 Å². The van der Waals surface area contributed by atoms with E-state index in [1.165, 1.54) is 44.4 Å². The maximum atomic E-state index is 13.3. The zero-order chi connectivity index (χ0) is 22.6. The van der Waals surface area contributed by atoms with Crippen LogP contribution in [0.4, 0.5) is 10.1 Å². The molecule has 31 heavy (non-hydrogen) atoms. The van der Waals surface area contributed by atoms with Crippen LogP contribution in [0.25, 0.3) is 0 Å². The number of anilines is 1. The number of benzene rings is 3. The Hall–Kier alpha value is -2.94. The minimum absolute atomic E-state index is 0.0238. The van der Waals surface area contributed by atoms with Crippen molar-refractivity contribution < 1.29 is 22.3 Å². The smallest absolute Gasteiger partial charge is 0.257 e. The Morgan fingerprint density at radius 3 is 2.52 bits per heavy atom. The topological polar surface area (TPSA) is 75.7 Å². The lowest BCUT2D eigenvalue weighted by atomic mass is 10.2. The number of ether oxygens (including phenoxy) is 1. The van der Waals surface area contributed by atoms with Gasteiger partial charge in [-0.15, -0.1) is 0 Å². The number of carbonyl (C=O) groups is 1. The predicted molar refractivity (Wildman–Crippen MR) is 117 cm³/mol. The first-order chi connectivity index (χ1) is 14.7. The van der Waals surface area contributed by atoms with Crippen LogP contribution in [0.2, 0.25) is 5.02 Å². The molecule has 6 nitrogen and oxygen atoms in total. The number of hydrogen-bond acceptors (Lipinski definition) is 4. The second-order valence-corrected chi connectivity index (χ2v) is 9.39. The summed E-state index contributed by atoms with van der Waals surface area (Å²) >= 11 is 6.12. The van der Waals surface area contributed by atoms with Gasteiger partial charge < -0.3 is 10.1 Å². The largest absolute Gasteiger partial charge is 0.489 e. The summed E-state index contributed by atoms with van der Waals surface area (Å²) in [6, 6.07) is 16.7. The molecule has 1 amide bonds. The van der Waals surface area contributed by atoms with E-state index in [0.29, 0.717) is 17.0 Å². The molecule has 0 saturated heterocycles. The minimum atomic E-state index is -3.72. The lowest BCUT2D eigenvalue weighted by Crippen LogP contribution is -2.23. The van der Waals surface area contributed by atoms with Crippen LogP contribution in [0.3, 0.4) is 0 Å². The van der Waals surface area contributed by atoms with Crippen molar-refractivity contribution >= 4 is 33.2 Å². The lowest BCUT2D eigenvalue weighted by Gasteiger charge is -2.13. The number of hydrogen-bond donors (Lipinski definition) is 1. The van der Waals surface area contributed by atoms with Crippen LogP contribution in [-0.2, 0) is 16.6 Å². The zero-order valence-electron chi connectivity index (χ0n) is 16.8. The monoisotopic (exact) mass is 462 g/mol. The molecule has 162 valence electrons. The van der Waals surface area contributed by atoms with Crippen molar-refractivity contribution in [1.29, 1.82) is 0 Å². The molecule has 3 aromatic carbocycles. The first kappa shape index (κ1) is 22.7. The molecular formula is C22H20ClFN2O4S. The van der Waals surface area contributed by atoms with Gasteiger partial charge in [-0.1, -0.05) is 29.8 Å². The van der Waals surface area contributed by atoms with E-state index in [2.05, 4.69) is 5.32 Å². The third-order valence-electron chi connectivity index (χ3n) is 4.35. The lowest BCUT2D eigenvalue weighted by molar-refractivity contribution is 0.102. The molecular weight excluding hydrogens is 443 g/mol. The van der Waals surface area contributed by atoms with Crippen molar-refractivity contribution in [3.05, 3.63) is 88.7 Å². The van der Waals surface area contributed by atoms with Gasteiger partial charge >= 0.3 is 0 Å². The minimum Gasteiger partial charge on any atom is -0.489 e. The van der Waals surface area contributed by atoms with Crippen LogP contribution in [-0.4, -0.2) is 32.7 Å². The Morgan fingerprint density at radius 1 is 1.06 bits per heavy atom. The fourth-order valence-corrected chi connectivity index (χ4v) is 3.84. The molecule has 9 heteroatoms. The van der Waals surface area contributed by atoms with Crippen molar-refractivity contribution in [1.82, 2.24) is 4.31 Å². The normalized spacial score (nSPS) is 11.4. The fourth-order valence-electron chi connectivity index (χ4n) is 2.71. The molecule has 0 aliphatic carbocycles. The van der Waals surface area contributed by atoms with Crippen LogP contribution >= 0.6 is 11.6 Å². The summed E-state index contributed by atoms with van der Waals surface area (Å²) in [4.78, 5) is 12.7. The van der Waals surface area contributed by atoms with Crippen LogP contribution in [0.1, 0.15) is 15.9 Å². The van der Waals surface area contributed by atoms with Gasteiger partial charge in [0.2, 0.25) is 10.0 Å². The van der Waals surface area contributed by atoms with Gasteiger partial charge in [0.15, 0.2) is 0 Å². The Labute approximate surface area is 185 Å². The average Bonchev–Trinajstić information content (AvgIpc) is 2.72. The Balaban J connectivity index is 1.76. The van der Waals surface area contributed by atoms with Crippen molar-refractivity contribution in [2.45, 2.75) is 11.5 Å². The van der Waals surface area contributed by atoms with Crippen LogP contribution in [0.5, 0.6) is 5.75 Å². The van der Waals surface area contributed by atoms with E-state index < -0.39 is 15.9 Å². The van der Waals surface area contributed by atoms with Crippen molar-refractivity contribution in [3.63, 3.8) is 0 Å². The summed E-state index contributed by atoms with van der Waals surface area (Å²) < 4.78 is 44.7. The Bertz CT molecular complexity index is 1220. The number of nitrogens with one attached hydrogen (secondary N) is 1. The van der Waals surface area contributed by atoms with E-state index in [4.69, 9.17) is 16.3 Å². The summed E-state index contributed by atoms with van der Waals surface area (Å²) in [7, 11) is -0.914. The van der Waals surface area contributed by atoms with E-state index in [9.17, 15) is 17.6 Å². The zero-order valence-corrected chi connectivity index (χ0v) is 18.4. The number of carbonyl (C=O) groups excluding carboxylic acids is 1. The SMILES string of the molecule is CN(C)S(=O)(=O)c1ccc(Cl)c(C(=O)Nc2cccc(OCc3cccc(F)c3)c2)c1. The molecule has 0 spiro atoms. The molecule has 0 unspecified atom stereocenters. The maximum absolute atomic E-state index is 13.3. The number of halogens is 2. The maximum Gasteiger partial charge on any atom is 0.257 e. The van der Waals surface area contributed by atoms with Gasteiger partial charge in [-0.2, -0.15) is 0 Å². The van der Waals surface area contributed by atoms with Gasteiger partial charge in [0.25, 0.3) is 5.91 Å². The molecule has 0 bridgehead atoms. The molecule has 3 aromatic rings. The summed E-state index contributed by atoms with van der Waals surface area (Å²) in [6.45, 7) is 0.158. The molecule has 0 radical (unpaired) electrons. The van der Waals surface area contributed by atoms with Crippen LogP contribution in [0, 0.1) is 5.82 Å². The first-order valence-corrected chi connectivity index (χ1v) is 11.0.